The zero-order valence-electron chi connectivity index (χ0n) is 15.2. The average Bonchev–Trinajstić information content (AvgIpc) is 3.08. The first-order valence-corrected chi connectivity index (χ1v) is 9.46. The Labute approximate surface area is 170 Å². The van der Waals surface area contributed by atoms with Crippen molar-refractivity contribution in [1.29, 1.82) is 0 Å². The van der Waals surface area contributed by atoms with E-state index in [9.17, 15) is 9.59 Å². The average molecular weight is 443 g/mol. The topological polar surface area (TPSA) is 102 Å². The van der Waals surface area contributed by atoms with E-state index in [1.807, 2.05) is 36.4 Å². The number of hydrogen-bond donors (Lipinski definition) is 2. The molecule has 3 aromatic rings. The van der Waals surface area contributed by atoms with Crippen molar-refractivity contribution >= 4 is 27.7 Å². The summed E-state index contributed by atoms with van der Waals surface area (Å²) in [5, 5.41) is 13.5. The molecule has 0 saturated carbocycles. The second-order valence-corrected chi connectivity index (χ2v) is 6.97. The van der Waals surface area contributed by atoms with Crippen molar-refractivity contribution in [3.63, 3.8) is 0 Å². The molecule has 28 heavy (non-hydrogen) atoms. The highest BCUT2D eigenvalue weighted by atomic mass is 79.9. The molecular weight excluding hydrogens is 424 g/mol. The third-order valence-corrected chi connectivity index (χ3v) is 4.53. The normalized spacial score (nSPS) is 10.5. The quantitative estimate of drug-likeness (QED) is 0.583. The number of rotatable bonds is 7. The zero-order valence-corrected chi connectivity index (χ0v) is 16.8. The van der Waals surface area contributed by atoms with Crippen LogP contribution in [0.3, 0.4) is 0 Å². The van der Waals surface area contributed by atoms with Crippen LogP contribution in [0.2, 0.25) is 0 Å². The second kappa shape index (κ2) is 9.23. The summed E-state index contributed by atoms with van der Waals surface area (Å²) in [5.74, 6) is -0.507. The number of carbonyl (C=O) groups is 2. The summed E-state index contributed by atoms with van der Waals surface area (Å²) in [6.07, 6.45) is 3.52. The Morgan fingerprint density at radius 3 is 2.68 bits per heavy atom. The van der Waals surface area contributed by atoms with Gasteiger partial charge < -0.3 is 10.6 Å². The summed E-state index contributed by atoms with van der Waals surface area (Å²) < 4.78 is 2.50. The first kappa shape index (κ1) is 19.7. The zero-order chi connectivity index (χ0) is 19.9. The lowest BCUT2D eigenvalue weighted by Gasteiger charge is -2.07. The first-order valence-electron chi connectivity index (χ1n) is 8.66. The van der Waals surface area contributed by atoms with Crippen molar-refractivity contribution in [2.75, 3.05) is 6.54 Å². The van der Waals surface area contributed by atoms with Gasteiger partial charge in [-0.15, -0.1) is 5.10 Å². The largest absolute Gasteiger partial charge is 0.352 e. The minimum Gasteiger partial charge on any atom is -0.352 e. The Bertz CT molecular complexity index is 974. The van der Waals surface area contributed by atoms with Gasteiger partial charge in [0, 0.05) is 36.4 Å². The van der Waals surface area contributed by atoms with Gasteiger partial charge >= 0.3 is 0 Å². The van der Waals surface area contributed by atoms with Gasteiger partial charge in [0.2, 0.25) is 5.91 Å². The molecule has 2 heterocycles. The molecule has 0 unspecified atom stereocenters. The number of carbonyl (C=O) groups excluding carboxylic acids is 2. The van der Waals surface area contributed by atoms with E-state index in [4.69, 9.17) is 0 Å². The number of pyridine rings is 1. The number of hydrogen-bond acceptors (Lipinski definition) is 5. The molecular formula is C19H19BrN6O2. The molecule has 2 aromatic heterocycles. The molecule has 2 N–H and O–H groups in total. The summed E-state index contributed by atoms with van der Waals surface area (Å²) in [6, 6.07) is 11.2. The summed E-state index contributed by atoms with van der Waals surface area (Å²) in [4.78, 5) is 28.2. The lowest BCUT2D eigenvalue weighted by molar-refractivity contribution is -0.121. The predicted molar refractivity (Wildman–Crippen MR) is 107 cm³/mol. The van der Waals surface area contributed by atoms with Gasteiger partial charge in [0.1, 0.15) is 0 Å². The number of halogens is 1. The Kier molecular flexibility index (Phi) is 6.49. The maximum atomic E-state index is 12.4. The fourth-order valence-electron chi connectivity index (χ4n) is 2.56. The summed E-state index contributed by atoms with van der Waals surface area (Å²) >= 11 is 3.41. The minimum absolute atomic E-state index is 0.147. The molecule has 0 radical (unpaired) electrons. The first-order chi connectivity index (χ1) is 13.5. The SMILES string of the molecule is Cc1c(C(=O)NCCC(=O)NCc2ccncc2)nnn1-c1cccc(Br)c1. The highest BCUT2D eigenvalue weighted by Crippen LogP contribution is 2.17. The molecule has 8 nitrogen and oxygen atoms in total. The fourth-order valence-corrected chi connectivity index (χ4v) is 2.94. The van der Waals surface area contributed by atoms with Crippen molar-refractivity contribution in [2.45, 2.75) is 19.9 Å². The van der Waals surface area contributed by atoms with E-state index in [1.54, 1.807) is 24.0 Å². The van der Waals surface area contributed by atoms with E-state index in [-0.39, 0.29) is 30.5 Å². The van der Waals surface area contributed by atoms with Crippen molar-refractivity contribution in [2.24, 2.45) is 0 Å². The fraction of sp³-hybridized carbons (Fsp3) is 0.211. The van der Waals surface area contributed by atoms with Crippen LogP contribution in [-0.4, -0.2) is 38.3 Å². The van der Waals surface area contributed by atoms with Gasteiger partial charge in [-0.25, -0.2) is 4.68 Å². The van der Waals surface area contributed by atoms with Gasteiger partial charge in [0.25, 0.3) is 5.91 Å². The molecule has 0 saturated heterocycles. The molecule has 0 bridgehead atoms. The number of nitrogens with zero attached hydrogens (tertiary/aromatic N) is 4. The Morgan fingerprint density at radius 2 is 1.93 bits per heavy atom. The molecule has 1 aromatic carbocycles. The van der Waals surface area contributed by atoms with Crippen LogP contribution in [-0.2, 0) is 11.3 Å². The van der Waals surface area contributed by atoms with Crippen LogP contribution in [0.1, 0.15) is 28.2 Å². The maximum Gasteiger partial charge on any atom is 0.273 e. The number of aromatic nitrogens is 4. The molecule has 0 aliphatic rings. The standard InChI is InChI=1S/C19H19BrN6O2/c1-13-18(24-25-26(13)16-4-2-3-15(20)11-16)19(28)22-10-7-17(27)23-12-14-5-8-21-9-6-14/h2-6,8-9,11H,7,10,12H2,1H3,(H,22,28)(H,23,27). The molecule has 3 rings (SSSR count). The summed E-state index contributed by atoms with van der Waals surface area (Å²) in [6.45, 7) is 2.41. The third kappa shape index (κ3) is 5.01. The van der Waals surface area contributed by atoms with Crippen LogP contribution < -0.4 is 10.6 Å². The van der Waals surface area contributed by atoms with Gasteiger partial charge in [-0.05, 0) is 42.8 Å². The third-order valence-electron chi connectivity index (χ3n) is 4.04. The van der Waals surface area contributed by atoms with E-state index in [2.05, 4.69) is 41.9 Å². The molecule has 0 spiro atoms. The Morgan fingerprint density at radius 1 is 1.14 bits per heavy atom. The lowest BCUT2D eigenvalue weighted by atomic mass is 10.2. The number of amides is 2. The van der Waals surface area contributed by atoms with Crippen LogP contribution in [0.15, 0.2) is 53.3 Å². The number of benzene rings is 1. The van der Waals surface area contributed by atoms with Crippen LogP contribution >= 0.6 is 15.9 Å². The predicted octanol–water partition coefficient (Wildman–Crippen LogP) is 2.17. The van der Waals surface area contributed by atoms with E-state index < -0.39 is 0 Å². The highest BCUT2D eigenvalue weighted by molar-refractivity contribution is 9.10. The molecule has 144 valence electrons. The molecule has 0 aliphatic carbocycles. The summed E-state index contributed by atoms with van der Waals surface area (Å²) in [7, 11) is 0. The maximum absolute atomic E-state index is 12.4. The Balaban J connectivity index is 1.51. The molecule has 9 heteroatoms. The van der Waals surface area contributed by atoms with E-state index in [1.165, 1.54) is 0 Å². The smallest absolute Gasteiger partial charge is 0.273 e. The monoisotopic (exact) mass is 442 g/mol. The summed E-state index contributed by atoms with van der Waals surface area (Å²) in [5.41, 5.74) is 2.62. The van der Waals surface area contributed by atoms with Gasteiger partial charge in [-0.3, -0.25) is 14.6 Å². The van der Waals surface area contributed by atoms with Crippen molar-refractivity contribution in [1.82, 2.24) is 30.6 Å². The van der Waals surface area contributed by atoms with Gasteiger partial charge in [-0.1, -0.05) is 27.2 Å². The lowest BCUT2D eigenvalue weighted by Crippen LogP contribution is -2.31. The van der Waals surface area contributed by atoms with Crippen LogP contribution in [0.5, 0.6) is 0 Å². The molecule has 0 atom stereocenters. The molecule has 2 amide bonds. The van der Waals surface area contributed by atoms with Crippen LogP contribution in [0.25, 0.3) is 5.69 Å². The second-order valence-electron chi connectivity index (χ2n) is 6.05. The van der Waals surface area contributed by atoms with Gasteiger partial charge in [0.15, 0.2) is 5.69 Å². The van der Waals surface area contributed by atoms with Crippen molar-refractivity contribution in [3.8, 4) is 5.69 Å². The van der Waals surface area contributed by atoms with Gasteiger partial charge in [-0.2, -0.15) is 0 Å². The van der Waals surface area contributed by atoms with Crippen molar-refractivity contribution in [3.05, 3.63) is 70.2 Å². The highest BCUT2D eigenvalue weighted by Gasteiger charge is 2.17. The molecule has 0 aliphatic heterocycles. The Hall–Kier alpha value is -3.07. The van der Waals surface area contributed by atoms with Crippen LogP contribution in [0.4, 0.5) is 0 Å². The van der Waals surface area contributed by atoms with E-state index in [0.717, 1.165) is 15.7 Å². The van der Waals surface area contributed by atoms with Gasteiger partial charge in [0.05, 0.1) is 11.4 Å². The number of nitrogens with one attached hydrogen (secondary N) is 2. The molecule has 0 fully saturated rings. The van der Waals surface area contributed by atoms with Crippen molar-refractivity contribution < 1.29 is 9.59 Å². The van der Waals surface area contributed by atoms with E-state index in [0.29, 0.717) is 12.2 Å². The van der Waals surface area contributed by atoms with Crippen LogP contribution in [0, 0.1) is 6.92 Å². The minimum atomic E-state index is -0.360. The van der Waals surface area contributed by atoms with E-state index >= 15 is 0 Å².